The molecule has 1 unspecified atom stereocenters. The van der Waals surface area contributed by atoms with Gasteiger partial charge in [-0.1, -0.05) is 28.1 Å². The van der Waals surface area contributed by atoms with E-state index in [0.29, 0.717) is 0 Å². The van der Waals surface area contributed by atoms with Gasteiger partial charge in [0.1, 0.15) is 5.82 Å². The summed E-state index contributed by atoms with van der Waals surface area (Å²) in [4.78, 5) is 8.41. The molecule has 3 nitrogen and oxygen atoms in total. The lowest BCUT2D eigenvalue weighted by molar-refractivity contribution is 0.688. The van der Waals surface area contributed by atoms with E-state index in [9.17, 15) is 0 Å². The number of rotatable bonds is 3. The molecule has 1 aromatic carbocycles. The number of halogens is 1. The summed E-state index contributed by atoms with van der Waals surface area (Å²) in [6, 6.07) is 9.96. The molecule has 1 atom stereocenters. The van der Waals surface area contributed by atoms with Gasteiger partial charge in [0.2, 0.25) is 0 Å². The molecule has 17 heavy (non-hydrogen) atoms. The zero-order valence-electron chi connectivity index (χ0n) is 9.60. The highest BCUT2D eigenvalue weighted by Crippen LogP contribution is 2.16. The second kappa shape index (κ2) is 5.38. The third-order valence-electron chi connectivity index (χ3n) is 2.55. The lowest BCUT2D eigenvalue weighted by Crippen LogP contribution is -2.15. The summed E-state index contributed by atoms with van der Waals surface area (Å²) in [6.07, 6.45) is 2.53. The first kappa shape index (κ1) is 12.2. The molecule has 0 saturated carbocycles. The number of aryl methyl sites for hydroxylation is 1. The van der Waals surface area contributed by atoms with Gasteiger partial charge in [0.05, 0.1) is 11.7 Å². The zero-order chi connectivity index (χ0) is 12.3. The van der Waals surface area contributed by atoms with Crippen LogP contribution in [-0.2, 0) is 6.42 Å². The van der Waals surface area contributed by atoms with E-state index in [-0.39, 0.29) is 6.04 Å². The minimum Gasteiger partial charge on any atom is -0.322 e. The number of nitrogens with two attached hydrogens (primary N) is 1. The molecule has 0 aliphatic heterocycles. The standard InChI is InChI=1S/C13H14BrN3/c1-9-16-7-6-13(17-9)12(15)8-10-2-4-11(14)5-3-10/h2-7,12H,8,15H2,1H3. The zero-order valence-corrected chi connectivity index (χ0v) is 11.2. The van der Waals surface area contributed by atoms with E-state index in [1.807, 2.05) is 25.1 Å². The van der Waals surface area contributed by atoms with Gasteiger partial charge in [0.15, 0.2) is 0 Å². The third-order valence-corrected chi connectivity index (χ3v) is 3.08. The lowest BCUT2D eigenvalue weighted by atomic mass is 10.0. The van der Waals surface area contributed by atoms with E-state index in [4.69, 9.17) is 5.73 Å². The number of hydrogen-bond acceptors (Lipinski definition) is 3. The molecule has 0 spiro atoms. The van der Waals surface area contributed by atoms with Gasteiger partial charge in [-0.15, -0.1) is 0 Å². The van der Waals surface area contributed by atoms with Crippen molar-refractivity contribution in [3.05, 3.63) is 58.1 Å². The van der Waals surface area contributed by atoms with Gasteiger partial charge in [-0.2, -0.15) is 0 Å². The van der Waals surface area contributed by atoms with Crippen LogP contribution >= 0.6 is 15.9 Å². The second-order valence-corrected chi connectivity index (χ2v) is 4.88. The van der Waals surface area contributed by atoms with Crippen LogP contribution in [0.25, 0.3) is 0 Å². The van der Waals surface area contributed by atoms with Crippen LogP contribution in [0.4, 0.5) is 0 Å². The minimum atomic E-state index is -0.0853. The maximum atomic E-state index is 6.13. The Morgan fingerprint density at radius 3 is 2.59 bits per heavy atom. The first-order chi connectivity index (χ1) is 8.15. The Labute approximate surface area is 109 Å². The number of hydrogen-bond donors (Lipinski definition) is 1. The highest BCUT2D eigenvalue weighted by molar-refractivity contribution is 9.10. The normalized spacial score (nSPS) is 12.4. The van der Waals surface area contributed by atoms with Crippen molar-refractivity contribution in [3.8, 4) is 0 Å². The summed E-state index contributed by atoms with van der Waals surface area (Å²) in [7, 11) is 0. The first-order valence-corrected chi connectivity index (χ1v) is 6.24. The molecular weight excluding hydrogens is 278 g/mol. The van der Waals surface area contributed by atoms with Crippen LogP contribution in [0.3, 0.4) is 0 Å². The van der Waals surface area contributed by atoms with Crippen LogP contribution in [0, 0.1) is 6.92 Å². The van der Waals surface area contributed by atoms with Crippen molar-refractivity contribution in [2.24, 2.45) is 5.73 Å². The van der Waals surface area contributed by atoms with Crippen LogP contribution in [0.5, 0.6) is 0 Å². The molecule has 0 aliphatic carbocycles. The summed E-state index contributed by atoms with van der Waals surface area (Å²) in [6.45, 7) is 1.87. The Morgan fingerprint density at radius 1 is 1.24 bits per heavy atom. The van der Waals surface area contributed by atoms with Crippen molar-refractivity contribution in [2.45, 2.75) is 19.4 Å². The molecule has 1 heterocycles. The van der Waals surface area contributed by atoms with E-state index in [2.05, 4.69) is 38.0 Å². The number of nitrogens with zero attached hydrogens (tertiary/aromatic N) is 2. The maximum absolute atomic E-state index is 6.13. The van der Waals surface area contributed by atoms with Crippen molar-refractivity contribution in [3.63, 3.8) is 0 Å². The quantitative estimate of drug-likeness (QED) is 0.946. The summed E-state index contributed by atoms with van der Waals surface area (Å²) in [5.74, 6) is 0.758. The predicted molar refractivity (Wildman–Crippen MR) is 71.5 cm³/mol. The molecule has 2 rings (SSSR count). The van der Waals surface area contributed by atoms with Crippen molar-refractivity contribution in [1.29, 1.82) is 0 Å². The van der Waals surface area contributed by atoms with Crippen molar-refractivity contribution in [1.82, 2.24) is 9.97 Å². The average Bonchev–Trinajstić information content (AvgIpc) is 2.32. The van der Waals surface area contributed by atoms with E-state index in [0.717, 1.165) is 22.4 Å². The van der Waals surface area contributed by atoms with Crippen LogP contribution in [0.1, 0.15) is 23.1 Å². The fourth-order valence-electron chi connectivity index (χ4n) is 1.66. The molecule has 0 saturated heterocycles. The fourth-order valence-corrected chi connectivity index (χ4v) is 1.92. The highest BCUT2D eigenvalue weighted by Gasteiger charge is 2.08. The van der Waals surface area contributed by atoms with Crippen LogP contribution in [0.2, 0.25) is 0 Å². The molecule has 2 N–H and O–H groups in total. The number of aromatic nitrogens is 2. The van der Waals surface area contributed by atoms with E-state index in [1.165, 1.54) is 5.56 Å². The van der Waals surface area contributed by atoms with Gasteiger partial charge in [-0.05, 0) is 37.1 Å². The number of benzene rings is 1. The molecule has 1 aromatic heterocycles. The van der Waals surface area contributed by atoms with E-state index < -0.39 is 0 Å². The molecule has 88 valence electrons. The highest BCUT2D eigenvalue weighted by atomic mass is 79.9. The fraction of sp³-hybridized carbons (Fsp3) is 0.231. The molecule has 0 aliphatic rings. The van der Waals surface area contributed by atoms with E-state index >= 15 is 0 Å². The summed E-state index contributed by atoms with van der Waals surface area (Å²) >= 11 is 3.41. The smallest absolute Gasteiger partial charge is 0.125 e. The largest absolute Gasteiger partial charge is 0.322 e. The lowest BCUT2D eigenvalue weighted by Gasteiger charge is -2.11. The van der Waals surface area contributed by atoms with Crippen LogP contribution < -0.4 is 5.73 Å². The Kier molecular flexibility index (Phi) is 3.86. The van der Waals surface area contributed by atoms with Gasteiger partial charge in [-0.25, -0.2) is 9.97 Å². The second-order valence-electron chi connectivity index (χ2n) is 3.97. The van der Waals surface area contributed by atoms with Crippen molar-refractivity contribution < 1.29 is 0 Å². The van der Waals surface area contributed by atoms with Crippen LogP contribution in [-0.4, -0.2) is 9.97 Å². The molecule has 4 heteroatoms. The van der Waals surface area contributed by atoms with Crippen LogP contribution in [0.15, 0.2) is 41.0 Å². The summed E-state index contributed by atoms with van der Waals surface area (Å²) in [5, 5.41) is 0. The first-order valence-electron chi connectivity index (χ1n) is 5.45. The third kappa shape index (κ3) is 3.35. The molecule has 0 bridgehead atoms. The monoisotopic (exact) mass is 291 g/mol. The van der Waals surface area contributed by atoms with E-state index in [1.54, 1.807) is 6.20 Å². The maximum Gasteiger partial charge on any atom is 0.125 e. The van der Waals surface area contributed by atoms with Gasteiger partial charge >= 0.3 is 0 Å². The molecule has 0 amide bonds. The summed E-state index contributed by atoms with van der Waals surface area (Å²) < 4.78 is 1.08. The Hall–Kier alpha value is -1.26. The average molecular weight is 292 g/mol. The predicted octanol–water partition coefficient (Wildman–Crippen LogP) is 2.79. The SMILES string of the molecule is Cc1nccc(C(N)Cc2ccc(Br)cc2)n1. The Balaban J connectivity index is 2.11. The van der Waals surface area contributed by atoms with Gasteiger partial charge in [-0.3, -0.25) is 0 Å². The van der Waals surface area contributed by atoms with Gasteiger partial charge < -0.3 is 5.73 Å². The van der Waals surface area contributed by atoms with Crippen molar-refractivity contribution in [2.75, 3.05) is 0 Å². The van der Waals surface area contributed by atoms with Gasteiger partial charge in [0, 0.05) is 10.7 Å². The molecule has 0 fully saturated rings. The van der Waals surface area contributed by atoms with Crippen molar-refractivity contribution >= 4 is 15.9 Å². The summed E-state index contributed by atoms with van der Waals surface area (Å²) in [5.41, 5.74) is 8.23. The Morgan fingerprint density at radius 2 is 1.94 bits per heavy atom. The minimum absolute atomic E-state index is 0.0853. The molecular formula is C13H14BrN3. The molecule has 2 aromatic rings. The molecule has 0 radical (unpaired) electrons. The van der Waals surface area contributed by atoms with Gasteiger partial charge in [0.25, 0.3) is 0 Å². The Bertz CT molecular complexity index is 496. The topological polar surface area (TPSA) is 51.8 Å².